The minimum Gasteiger partial charge on any atom is -0.508 e. The van der Waals surface area contributed by atoms with E-state index in [1.165, 1.54) is 0 Å². The SMILES string of the molecule is COc1cccc2c(NCc3ccccc3O)nccc12. The number of phenols is 1. The van der Waals surface area contributed by atoms with Gasteiger partial charge in [-0.1, -0.05) is 30.3 Å². The van der Waals surface area contributed by atoms with E-state index in [1.54, 1.807) is 25.4 Å². The zero-order valence-electron chi connectivity index (χ0n) is 11.7. The van der Waals surface area contributed by atoms with E-state index in [1.807, 2.05) is 36.4 Å². The average molecular weight is 280 g/mol. The second-order valence-corrected chi connectivity index (χ2v) is 4.70. The summed E-state index contributed by atoms with van der Waals surface area (Å²) in [6, 6.07) is 15.1. The van der Waals surface area contributed by atoms with Crippen molar-refractivity contribution in [2.75, 3.05) is 12.4 Å². The summed E-state index contributed by atoms with van der Waals surface area (Å²) in [6.45, 7) is 0.510. The van der Waals surface area contributed by atoms with E-state index in [2.05, 4.69) is 10.3 Å². The predicted molar refractivity (Wildman–Crippen MR) is 83.7 cm³/mol. The van der Waals surface area contributed by atoms with Gasteiger partial charge < -0.3 is 15.2 Å². The van der Waals surface area contributed by atoms with Crippen LogP contribution in [0, 0.1) is 0 Å². The maximum atomic E-state index is 9.80. The number of nitrogens with zero attached hydrogens (tertiary/aromatic N) is 1. The molecule has 4 nitrogen and oxygen atoms in total. The van der Waals surface area contributed by atoms with Gasteiger partial charge in [0, 0.05) is 29.1 Å². The first-order valence-electron chi connectivity index (χ1n) is 6.72. The van der Waals surface area contributed by atoms with Gasteiger partial charge in [0.05, 0.1) is 7.11 Å². The minimum absolute atomic E-state index is 0.280. The number of methoxy groups -OCH3 is 1. The van der Waals surface area contributed by atoms with Crippen molar-refractivity contribution in [1.82, 2.24) is 4.98 Å². The first-order valence-corrected chi connectivity index (χ1v) is 6.72. The van der Waals surface area contributed by atoms with Crippen LogP contribution < -0.4 is 10.1 Å². The van der Waals surface area contributed by atoms with Crippen LogP contribution in [0.3, 0.4) is 0 Å². The number of nitrogens with one attached hydrogen (secondary N) is 1. The standard InChI is InChI=1S/C17H16N2O2/c1-21-16-8-4-6-14-13(16)9-10-18-17(14)19-11-12-5-2-3-7-15(12)20/h2-10,20H,11H2,1H3,(H,18,19). The van der Waals surface area contributed by atoms with Crippen molar-refractivity contribution in [1.29, 1.82) is 0 Å². The molecule has 0 saturated heterocycles. The van der Waals surface area contributed by atoms with Crippen LogP contribution in [0.25, 0.3) is 10.8 Å². The summed E-state index contributed by atoms with van der Waals surface area (Å²) in [5, 5.41) is 15.1. The molecule has 0 atom stereocenters. The molecule has 0 aliphatic carbocycles. The van der Waals surface area contributed by atoms with Crippen LogP contribution >= 0.6 is 0 Å². The summed E-state index contributed by atoms with van der Waals surface area (Å²) in [6.07, 6.45) is 1.75. The molecule has 2 N–H and O–H groups in total. The number of hydrogen-bond acceptors (Lipinski definition) is 4. The minimum atomic E-state index is 0.280. The van der Waals surface area contributed by atoms with E-state index in [0.29, 0.717) is 6.54 Å². The quantitative estimate of drug-likeness (QED) is 0.767. The van der Waals surface area contributed by atoms with Crippen LogP contribution in [-0.2, 0) is 6.54 Å². The summed E-state index contributed by atoms with van der Waals surface area (Å²) in [5.74, 6) is 1.87. The Morgan fingerprint density at radius 1 is 1.05 bits per heavy atom. The molecule has 4 heteroatoms. The molecule has 0 fully saturated rings. The van der Waals surface area contributed by atoms with E-state index in [4.69, 9.17) is 4.74 Å². The molecule has 0 unspecified atom stereocenters. The number of hydrogen-bond donors (Lipinski definition) is 2. The monoisotopic (exact) mass is 280 g/mol. The fourth-order valence-electron chi connectivity index (χ4n) is 2.34. The van der Waals surface area contributed by atoms with E-state index in [0.717, 1.165) is 27.9 Å². The summed E-state index contributed by atoms with van der Waals surface area (Å²) in [7, 11) is 1.66. The Balaban J connectivity index is 1.93. The third-order valence-corrected chi connectivity index (χ3v) is 3.42. The van der Waals surface area contributed by atoms with Gasteiger partial charge >= 0.3 is 0 Å². The number of pyridine rings is 1. The Hall–Kier alpha value is -2.75. The van der Waals surface area contributed by atoms with Gasteiger partial charge in [0.25, 0.3) is 0 Å². The van der Waals surface area contributed by atoms with Crippen molar-refractivity contribution >= 4 is 16.6 Å². The molecule has 1 heterocycles. The van der Waals surface area contributed by atoms with Crippen LogP contribution in [-0.4, -0.2) is 17.2 Å². The second kappa shape index (κ2) is 5.71. The number of benzene rings is 2. The molecule has 0 radical (unpaired) electrons. The summed E-state index contributed by atoms with van der Waals surface area (Å²) in [4.78, 5) is 4.38. The fourth-order valence-corrected chi connectivity index (χ4v) is 2.34. The molecule has 0 saturated carbocycles. The van der Waals surface area contributed by atoms with Gasteiger partial charge in [-0.15, -0.1) is 0 Å². The van der Waals surface area contributed by atoms with Crippen molar-refractivity contribution in [2.24, 2.45) is 0 Å². The number of phenolic OH excluding ortho intramolecular Hbond substituents is 1. The second-order valence-electron chi connectivity index (χ2n) is 4.70. The van der Waals surface area contributed by atoms with Crippen molar-refractivity contribution in [3.8, 4) is 11.5 Å². The number of para-hydroxylation sites is 1. The van der Waals surface area contributed by atoms with Gasteiger partial charge in [0.1, 0.15) is 17.3 Å². The lowest BCUT2D eigenvalue weighted by molar-refractivity contribution is 0.420. The van der Waals surface area contributed by atoms with Crippen LogP contribution in [0.15, 0.2) is 54.7 Å². The Morgan fingerprint density at radius 3 is 2.71 bits per heavy atom. The van der Waals surface area contributed by atoms with Crippen LogP contribution in [0.4, 0.5) is 5.82 Å². The first-order chi connectivity index (χ1) is 10.3. The lowest BCUT2D eigenvalue weighted by atomic mass is 10.1. The van der Waals surface area contributed by atoms with E-state index in [-0.39, 0.29) is 5.75 Å². The van der Waals surface area contributed by atoms with Gasteiger partial charge in [0.2, 0.25) is 0 Å². The summed E-state index contributed by atoms with van der Waals surface area (Å²) < 4.78 is 5.37. The largest absolute Gasteiger partial charge is 0.508 e. The number of fused-ring (bicyclic) bond motifs is 1. The van der Waals surface area contributed by atoms with Gasteiger partial charge in [0.15, 0.2) is 0 Å². The maximum Gasteiger partial charge on any atom is 0.134 e. The number of anilines is 1. The first kappa shape index (κ1) is 13.2. The lowest BCUT2D eigenvalue weighted by Gasteiger charge is -2.11. The third-order valence-electron chi connectivity index (χ3n) is 3.42. The van der Waals surface area contributed by atoms with E-state index in [9.17, 15) is 5.11 Å². The van der Waals surface area contributed by atoms with Crippen molar-refractivity contribution < 1.29 is 9.84 Å². The molecule has 0 bridgehead atoms. The summed E-state index contributed by atoms with van der Waals surface area (Å²) >= 11 is 0. The van der Waals surface area contributed by atoms with Crippen molar-refractivity contribution in [3.05, 3.63) is 60.3 Å². The lowest BCUT2D eigenvalue weighted by Crippen LogP contribution is -2.02. The molecule has 1 aromatic heterocycles. The molecule has 21 heavy (non-hydrogen) atoms. The maximum absolute atomic E-state index is 9.80. The van der Waals surface area contributed by atoms with Crippen molar-refractivity contribution in [3.63, 3.8) is 0 Å². The number of rotatable bonds is 4. The number of aromatic hydroxyl groups is 1. The van der Waals surface area contributed by atoms with Crippen LogP contribution in [0.5, 0.6) is 11.5 Å². The molecular formula is C17H16N2O2. The van der Waals surface area contributed by atoms with Crippen LogP contribution in [0.2, 0.25) is 0 Å². The highest BCUT2D eigenvalue weighted by atomic mass is 16.5. The zero-order valence-corrected chi connectivity index (χ0v) is 11.7. The highest BCUT2D eigenvalue weighted by molar-refractivity contribution is 5.95. The van der Waals surface area contributed by atoms with Gasteiger partial charge in [-0.2, -0.15) is 0 Å². The smallest absolute Gasteiger partial charge is 0.134 e. The van der Waals surface area contributed by atoms with Crippen LogP contribution in [0.1, 0.15) is 5.56 Å². The Bertz CT molecular complexity index is 772. The van der Waals surface area contributed by atoms with Gasteiger partial charge in [-0.3, -0.25) is 0 Å². The molecule has 0 aliphatic rings. The average Bonchev–Trinajstić information content (AvgIpc) is 2.53. The van der Waals surface area contributed by atoms with E-state index < -0.39 is 0 Å². The Kier molecular flexibility index (Phi) is 3.60. The molecule has 0 amide bonds. The van der Waals surface area contributed by atoms with Gasteiger partial charge in [-0.25, -0.2) is 4.98 Å². The molecule has 0 aliphatic heterocycles. The van der Waals surface area contributed by atoms with Gasteiger partial charge in [-0.05, 0) is 18.2 Å². The Morgan fingerprint density at radius 2 is 1.90 bits per heavy atom. The fraction of sp³-hybridized carbons (Fsp3) is 0.118. The molecule has 2 aromatic carbocycles. The summed E-state index contributed by atoms with van der Waals surface area (Å²) in [5.41, 5.74) is 0.833. The zero-order chi connectivity index (χ0) is 14.7. The molecule has 3 aromatic rings. The highest BCUT2D eigenvalue weighted by Crippen LogP contribution is 2.29. The number of ether oxygens (including phenoxy) is 1. The normalized spacial score (nSPS) is 10.5. The van der Waals surface area contributed by atoms with Crippen molar-refractivity contribution in [2.45, 2.75) is 6.54 Å². The topological polar surface area (TPSA) is 54.4 Å². The molecule has 106 valence electrons. The number of aromatic nitrogens is 1. The highest BCUT2D eigenvalue weighted by Gasteiger charge is 2.07. The third kappa shape index (κ3) is 2.60. The molecular weight excluding hydrogens is 264 g/mol. The van der Waals surface area contributed by atoms with E-state index >= 15 is 0 Å². The molecule has 0 spiro atoms. The molecule has 3 rings (SSSR count). The Labute approximate surface area is 123 Å². The predicted octanol–water partition coefficient (Wildman–Crippen LogP) is 3.56.